The number of methoxy groups -OCH3 is 1. The molecule has 0 bridgehead atoms. The van der Waals surface area contributed by atoms with Crippen LogP contribution in [0.2, 0.25) is 5.15 Å². The molecule has 146 valence electrons. The first-order valence-corrected chi connectivity index (χ1v) is 10.8. The summed E-state index contributed by atoms with van der Waals surface area (Å²) in [5.74, 6) is 0.781. The van der Waals surface area contributed by atoms with Gasteiger partial charge in [-0.15, -0.1) is 0 Å². The van der Waals surface area contributed by atoms with Crippen LogP contribution in [0.1, 0.15) is 30.9 Å². The molecule has 2 aromatic rings. The van der Waals surface area contributed by atoms with Crippen LogP contribution in [0, 0.1) is 0 Å². The summed E-state index contributed by atoms with van der Waals surface area (Å²) in [5.41, 5.74) is 1.06. The molecule has 3 rings (SSSR count). The van der Waals surface area contributed by atoms with Gasteiger partial charge in [-0.25, -0.2) is 18.1 Å². The second-order valence-electron chi connectivity index (χ2n) is 6.55. The summed E-state index contributed by atoms with van der Waals surface area (Å²) in [5, 5.41) is 0.262. The van der Waals surface area contributed by atoms with Gasteiger partial charge in [0.05, 0.1) is 7.11 Å². The van der Waals surface area contributed by atoms with Gasteiger partial charge in [0.15, 0.2) is 0 Å². The van der Waals surface area contributed by atoms with Gasteiger partial charge in [-0.2, -0.15) is 0 Å². The number of hydrogen-bond donors (Lipinski definition) is 1. The summed E-state index contributed by atoms with van der Waals surface area (Å²) >= 11 is 5.75. The van der Waals surface area contributed by atoms with Crippen LogP contribution in [0.4, 0.5) is 0 Å². The Bertz CT molecular complexity index is 836. The summed E-state index contributed by atoms with van der Waals surface area (Å²) in [6.45, 7) is 2.21. The summed E-state index contributed by atoms with van der Waals surface area (Å²) < 4.78 is 33.2. The van der Waals surface area contributed by atoms with Gasteiger partial charge in [-0.1, -0.05) is 30.2 Å². The van der Waals surface area contributed by atoms with Crippen molar-refractivity contribution in [1.82, 2.24) is 14.6 Å². The van der Waals surface area contributed by atoms with Crippen LogP contribution < -0.4 is 9.46 Å². The Hall–Kier alpha value is -1.67. The molecular weight excluding hydrogens is 386 g/mol. The van der Waals surface area contributed by atoms with Crippen molar-refractivity contribution in [1.29, 1.82) is 0 Å². The standard InChI is InChI=1S/C19H24ClN3O3S/c1-26-16-7-5-15(6-8-16)18(23-11-3-2-4-12-23)14-22-27(24,25)17-9-10-19(20)21-13-17/h5-10,13,18,22H,2-4,11-12,14H2,1H3. The normalized spacial score (nSPS) is 16.8. The molecule has 1 N–H and O–H groups in total. The first kappa shape index (κ1) is 20.1. The van der Waals surface area contributed by atoms with Crippen LogP contribution in [0.3, 0.4) is 0 Å². The Morgan fingerprint density at radius 3 is 2.44 bits per heavy atom. The zero-order chi connectivity index (χ0) is 19.3. The molecule has 1 fully saturated rings. The lowest BCUT2D eigenvalue weighted by Crippen LogP contribution is -2.40. The molecule has 2 heterocycles. The third kappa shape index (κ3) is 5.19. The third-order valence-electron chi connectivity index (χ3n) is 4.81. The number of hydrogen-bond acceptors (Lipinski definition) is 5. The SMILES string of the molecule is COc1ccc(C(CNS(=O)(=O)c2ccc(Cl)nc2)N2CCCCC2)cc1. The molecule has 0 amide bonds. The number of ether oxygens (including phenoxy) is 1. The lowest BCUT2D eigenvalue weighted by molar-refractivity contribution is 0.164. The highest BCUT2D eigenvalue weighted by Crippen LogP contribution is 2.26. The fourth-order valence-corrected chi connectivity index (χ4v) is 4.40. The van der Waals surface area contributed by atoms with Gasteiger partial charge in [-0.05, 0) is 55.8 Å². The number of nitrogens with zero attached hydrogens (tertiary/aromatic N) is 2. The molecule has 0 spiro atoms. The van der Waals surface area contributed by atoms with E-state index < -0.39 is 10.0 Å². The number of sulfonamides is 1. The molecule has 1 unspecified atom stereocenters. The zero-order valence-corrected chi connectivity index (χ0v) is 16.8. The second-order valence-corrected chi connectivity index (χ2v) is 8.71. The molecule has 0 radical (unpaired) electrons. The van der Waals surface area contributed by atoms with Crippen molar-refractivity contribution in [3.05, 3.63) is 53.3 Å². The van der Waals surface area contributed by atoms with Crippen LogP contribution in [0.5, 0.6) is 5.75 Å². The topological polar surface area (TPSA) is 71.5 Å². The second kappa shape index (κ2) is 9.01. The minimum absolute atomic E-state index is 0.0359. The molecule has 1 aliphatic rings. The van der Waals surface area contributed by atoms with E-state index in [-0.39, 0.29) is 22.6 Å². The maximum absolute atomic E-state index is 12.6. The quantitative estimate of drug-likeness (QED) is 0.711. The van der Waals surface area contributed by atoms with Crippen LogP contribution >= 0.6 is 11.6 Å². The number of likely N-dealkylation sites (tertiary alicyclic amines) is 1. The van der Waals surface area contributed by atoms with Crippen LogP contribution in [0.25, 0.3) is 0 Å². The average Bonchev–Trinajstić information content (AvgIpc) is 2.70. The molecule has 1 atom stereocenters. The summed E-state index contributed by atoms with van der Waals surface area (Å²) in [4.78, 5) is 6.31. The first-order valence-electron chi connectivity index (χ1n) is 8.99. The van der Waals surface area contributed by atoms with Crippen molar-refractivity contribution in [3.8, 4) is 5.75 Å². The van der Waals surface area contributed by atoms with E-state index in [1.807, 2.05) is 24.3 Å². The highest BCUT2D eigenvalue weighted by atomic mass is 35.5. The monoisotopic (exact) mass is 409 g/mol. The molecular formula is C19H24ClN3O3S. The fourth-order valence-electron chi connectivity index (χ4n) is 3.31. The van der Waals surface area contributed by atoms with Crippen molar-refractivity contribution in [2.45, 2.75) is 30.2 Å². The van der Waals surface area contributed by atoms with Crippen molar-refractivity contribution in [3.63, 3.8) is 0 Å². The largest absolute Gasteiger partial charge is 0.497 e. The van der Waals surface area contributed by atoms with E-state index in [2.05, 4.69) is 14.6 Å². The van der Waals surface area contributed by atoms with Crippen LogP contribution in [0.15, 0.2) is 47.5 Å². The van der Waals surface area contributed by atoms with Crippen molar-refractivity contribution in [2.75, 3.05) is 26.7 Å². The molecule has 1 saturated heterocycles. The lowest BCUT2D eigenvalue weighted by Gasteiger charge is -2.35. The Labute approximate surface area is 165 Å². The highest BCUT2D eigenvalue weighted by molar-refractivity contribution is 7.89. The number of nitrogens with one attached hydrogen (secondary N) is 1. The van der Waals surface area contributed by atoms with E-state index in [1.54, 1.807) is 7.11 Å². The maximum Gasteiger partial charge on any atom is 0.242 e. The van der Waals surface area contributed by atoms with E-state index in [9.17, 15) is 8.42 Å². The number of halogens is 1. The molecule has 0 aliphatic carbocycles. The summed E-state index contributed by atoms with van der Waals surface area (Å²) in [7, 11) is -2.02. The Kier molecular flexibility index (Phi) is 6.70. The van der Waals surface area contributed by atoms with E-state index in [0.717, 1.165) is 37.2 Å². The number of piperidine rings is 1. The smallest absolute Gasteiger partial charge is 0.242 e. The number of aromatic nitrogens is 1. The number of benzene rings is 1. The molecule has 1 aromatic heterocycles. The zero-order valence-electron chi connectivity index (χ0n) is 15.3. The molecule has 6 nitrogen and oxygen atoms in total. The minimum atomic E-state index is -3.65. The number of pyridine rings is 1. The van der Waals surface area contributed by atoms with Crippen molar-refractivity contribution in [2.24, 2.45) is 0 Å². The summed E-state index contributed by atoms with van der Waals surface area (Å²) in [6, 6.07) is 10.7. The van der Waals surface area contributed by atoms with Gasteiger partial charge in [0, 0.05) is 18.8 Å². The minimum Gasteiger partial charge on any atom is -0.497 e. The van der Waals surface area contributed by atoms with Gasteiger partial charge in [0.25, 0.3) is 0 Å². The van der Waals surface area contributed by atoms with E-state index in [0.29, 0.717) is 0 Å². The highest BCUT2D eigenvalue weighted by Gasteiger charge is 2.25. The molecule has 8 heteroatoms. The van der Waals surface area contributed by atoms with E-state index >= 15 is 0 Å². The predicted octanol–water partition coefficient (Wildman–Crippen LogP) is 3.25. The Morgan fingerprint density at radius 2 is 1.85 bits per heavy atom. The Balaban J connectivity index is 1.78. The molecule has 27 heavy (non-hydrogen) atoms. The first-order chi connectivity index (χ1) is 13.0. The van der Waals surface area contributed by atoms with E-state index in [1.165, 1.54) is 24.8 Å². The van der Waals surface area contributed by atoms with E-state index in [4.69, 9.17) is 16.3 Å². The lowest BCUT2D eigenvalue weighted by atomic mass is 10.0. The van der Waals surface area contributed by atoms with Crippen molar-refractivity contribution < 1.29 is 13.2 Å². The molecule has 1 aliphatic heterocycles. The van der Waals surface area contributed by atoms with Crippen molar-refractivity contribution >= 4 is 21.6 Å². The molecule has 1 aromatic carbocycles. The van der Waals surface area contributed by atoms with Gasteiger partial charge in [0.2, 0.25) is 10.0 Å². The predicted molar refractivity (Wildman–Crippen MR) is 106 cm³/mol. The summed E-state index contributed by atoms with van der Waals surface area (Å²) in [6.07, 6.45) is 4.74. The van der Waals surface area contributed by atoms with Crippen LogP contribution in [-0.2, 0) is 10.0 Å². The Morgan fingerprint density at radius 1 is 1.15 bits per heavy atom. The molecule has 0 saturated carbocycles. The maximum atomic E-state index is 12.6. The van der Waals surface area contributed by atoms with Gasteiger partial charge >= 0.3 is 0 Å². The van der Waals surface area contributed by atoms with Gasteiger partial charge in [-0.3, -0.25) is 4.90 Å². The number of rotatable bonds is 7. The van der Waals surface area contributed by atoms with Gasteiger partial charge in [0.1, 0.15) is 15.8 Å². The third-order valence-corrected chi connectivity index (χ3v) is 6.44. The fraction of sp³-hybridized carbons (Fsp3) is 0.421. The van der Waals surface area contributed by atoms with Crippen LogP contribution in [-0.4, -0.2) is 45.0 Å². The average molecular weight is 410 g/mol. The van der Waals surface area contributed by atoms with Gasteiger partial charge < -0.3 is 4.74 Å².